The fourth-order valence-corrected chi connectivity index (χ4v) is 4.29. The third kappa shape index (κ3) is 6.16. The van der Waals surface area contributed by atoms with E-state index in [1.165, 1.54) is 22.7 Å². The molecule has 27 heavy (non-hydrogen) atoms. The Hall–Kier alpha value is -2.22. The third-order valence-corrected chi connectivity index (χ3v) is 5.98. The van der Waals surface area contributed by atoms with Gasteiger partial charge in [0.05, 0.1) is 21.3 Å². The van der Waals surface area contributed by atoms with Crippen LogP contribution in [0.4, 0.5) is 0 Å². The smallest absolute Gasteiger partial charge is 0.226 e. The highest BCUT2D eigenvalue weighted by Crippen LogP contribution is 2.32. The predicted octanol–water partition coefficient (Wildman–Crippen LogP) is 3.89. The Balaban J connectivity index is 1.37. The van der Waals surface area contributed by atoms with E-state index in [-0.39, 0.29) is 24.7 Å². The molecule has 0 saturated heterocycles. The molecule has 2 aromatic heterocycles. The number of hydrogen-bond acceptors (Lipinski definition) is 5. The molecule has 140 valence electrons. The second-order valence-corrected chi connectivity index (χ2v) is 8.36. The topological polar surface area (TPSA) is 71.1 Å². The summed E-state index contributed by atoms with van der Waals surface area (Å²) in [6.45, 7) is 0.791. The first kappa shape index (κ1) is 19.5. The number of hydrogen-bond donors (Lipinski definition) is 2. The van der Waals surface area contributed by atoms with Crippen molar-refractivity contribution in [2.45, 2.75) is 19.4 Å². The van der Waals surface area contributed by atoms with E-state index in [1.807, 2.05) is 47.8 Å². The van der Waals surface area contributed by atoms with Crippen LogP contribution in [0.2, 0.25) is 4.34 Å². The van der Waals surface area contributed by atoms with E-state index < -0.39 is 0 Å². The molecule has 3 rings (SSSR count). The minimum Gasteiger partial charge on any atom is -0.355 e. The molecule has 0 spiro atoms. The number of nitrogens with zero attached hydrogens (tertiary/aromatic N) is 1. The van der Waals surface area contributed by atoms with Crippen molar-refractivity contribution >= 4 is 46.1 Å². The minimum absolute atomic E-state index is 0.0929. The van der Waals surface area contributed by atoms with E-state index in [0.717, 1.165) is 15.4 Å². The largest absolute Gasteiger partial charge is 0.355 e. The van der Waals surface area contributed by atoms with Gasteiger partial charge in [-0.15, -0.1) is 22.7 Å². The van der Waals surface area contributed by atoms with Crippen LogP contribution in [0.15, 0.2) is 47.8 Å². The highest BCUT2D eigenvalue weighted by Gasteiger charge is 2.11. The fourth-order valence-electron chi connectivity index (χ4n) is 2.36. The normalized spacial score (nSPS) is 10.6. The van der Waals surface area contributed by atoms with Gasteiger partial charge in [0.25, 0.3) is 0 Å². The lowest BCUT2D eigenvalue weighted by molar-refractivity contribution is -0.122. The van der Waals surface area contributed by atoms with Crippen LogP contribution in [0.5, 0.6) is 0 Å². The first-order valence-corrected chi connectivity index (χ1v) is 10.4. The number of thiazole rings is 1. The molecule has 1 aromatic carbocycles. The number of carbonyl (C=O) groups excluding carboxylic acids is 2. The van der Waals surface area contributed by atoms with Gasteiger partial charge in [0.15, 0.2) is 0 Å². The molecule has 0 saturated carbocycles. The molecular formula is C19H18ClN3O2S2. The molecule has 8 heteroatoms. The van der Waals surface area contributed by atoms with Crippen molar-refractivity contribution < 1.29 is 9.59 Å². The first-order valence-electron chi connectivity index (χ1n) is 8.37. The molecule has 5 nitrogen and oxygen atoms in total. The Morgan fingerprint density at radius 1 is 1.04 bits per heavy atom. The zero-order valence-electron chi connectivity index (χ0n) is 14.4. The summed E-state index contributed by atoms with van der Waals surface area (Å²) in [6, 6.07) is 13.4. The number of benzene rings is 1. The average Bonchev–Trinajstić information content (AvgIpc) is 3.30. The Morgan fingerprint density at radius 3 is 2.59 bits per heavy atom. The van der Waals surface area contributed by atoms with Crippen LogP contribution in [0, 0.1) is 0 Å². The molecule has 3 aromatic rings. The molecular weight excluding hydrogens is 402 g/mol. The zero-order valence-corrected chi connectivity index (χ0v) is 16.8. The SMILES string of the molecule is O=C(CCNC(=O)Cc1csc(-c2ccc(Cl)s2)n1)NCc1ccccc1. The molecule has 0 unspecified atom stereocenters. The van der Waals surface area contributed by atoms with E-state index >= 15 is 0 Å². The number of nitrogens with one attached hydrogen (secondary N) is 2. The van der Waals surface area contributed by atoms with E-state index in [9.17, 15) is 9.59 Å². The number of thiophene rings is 1. The Labute approximate surface area is 170 Å². The fraction of sp³-hybridized carbons (Fsp3) is 0.211. The lowest BCUT2D eigenvalue weighted by Crippen LogP contribution is -2.31. The number of aromatic nitrogens is 1. The van der Waals surface area contributed by atoms with Gasteiger partial charge in [-0.2, -0.15) is 0 Å². The first-order chi connectivity index (χ1) is 13.1. The van der Waals surface area contributed by atoms with Gasteiger partial charge in [0.1, 0.15) is 5.01 Å². The quantitative estimate of drug-likeness (QED) is 0.581. The monoisotopic (exact) mass is 419 g/mol. The summed E-state index contributed by atoms with van der Waals surface area (Å²) in [6.07, 6.45) is 0.440. The van der Waals surface area contributed by atoms with Gasteiger partial charge in [-0.25, -0.2) is 4.98 Å². The van der Waals surface area contributed by atoms with Gasteiger partial charge in [-0.3, -0.25) is 9.59 Å². The highest BCUT2D eigenvalue weighted by molar-refractivity contribution is 7.23. The minimum atomic E-state index is -0.146. The number of halogens is 1. The van der Waals surface area contributed by atoms with E-state index in [4.69, 9.17) is 11.6 Å². The summed E-state index contributed by atoms with van der Waals surface area (Å²) in [5.74, 6) is -0.239. The lowest BCUT2D eigenvalue weighted by atomic mass is 10.2. The summed E-state index contributed by atoms with van der Waals surface area (Å²) in [4.78, 5) is 29.3. The summed E-state index contributed by atoms with van der Waals surface area (Å²) in [7, 11) is 0. The Morgan fingerprint density at radius 2 is 1.85 bits per heavy atom. The molecule has 0 atom stereocenters. The van der Waals surface area contributed by atoms with Crippen molar-refractivity contribution in [1.29, 1.82) is 0 Å². The van der Waals surface area contributed by atoms with Crippen molar-refractivity contribution in [2.24, 2.45) is 0 Å². The molecule has 0 radical (unpaired) electrons. The van der Waals surface area contributed by atoms with Crippen LogP contribution in [0.3, 0.4) is 0 Å². The maximum atomic E-state index is 12.0. The van der Waals surface area contributed by atoms with Gasteiger partial charge < -0.3 is 10.6 Å². The zero-order chi connectivity index (χ0) is 19.1. The average molecular weight is 420 g/mol. The molecule has 2 amide bonds. The summed E-state index contributed by atoms with van der Waals surface area (Å²) >= 11 is 8.89. The van der Waals surface area contributed by atoms with E-state index in [0.29, 0.717) is 23.1 Å². The summed E-state index contributed by atoms with van der Waals surface area (Å²) in [5.41, 5.74) is 1.76. The molecule has 2 heterocycles. The van der Waals surface area contributed by atoms with Crippen LogP contribution in [0.25, 0.3) is 9.88 Å². The van der Waals surface area contributed by atoms with Crippen LogP contribution < -0.4 is 10.6 Å². The number of amides is 2. The van der Waals surface area contributed by atoms with Crippen molar-refractivity contribution in [3.8, 4) is 9.88 Å². The molecule has 0 aliphatic heterocycles. The van der Waals surface area contributed by atoms with Crippen LogP contribution in [-0.2, 0) is 22.6 Å². The van der Waals surface area contributed by atoms with Crippen molar-refractivity contribution in [3.05, 3.63) is 63.4 Å². The Bertz CT molecular complexity index is 909. The second-order valence-electron chi connectivity index (χ2n) is 5.79. The van der Waals surface area contributed by atoms with Gasteiger partial charge in [-0.05, 0) is 17.7 Å². The van der Waals surface area contributed by atoms with E-state index in [2.05, 4.69) is 15.6 Å². The predicted molar refractivity (Wildman–Crippen MR) is 110 cm³/mol. The summed E-state index contributed by atoms with van der Waals surface area (Å²) in [5, 5.41) is 8.32. The van der Waals surface area contributed by atoms with Crippen molar-refractivity contribution in [2.75, 3.05) is 6.54 Å². The van der Waals surface area contributed by atoms with Crippen LogP contribution >= 0.6 is 34.3 Å². The van der Waals surface area contributed by atoms with Crippen molar-refractivity contribution in [3.63, 3.8) is 0 Å². The standard InChI is InChI=1S/C19H18ClN3O2S2/c20-16-7-6-15(27-16)19-23-14(12-26-19)10-18(25)21-9-8-17(24)22-11-13-4-2-1-3-5-13/h1-7,12H,8-11H2,(H,21,25)(H,22,24). The lowest BCUT2D eigenvalue weighted by Gasteiger charge is -2.06. The molecule has 0 aliphatic carbocycles. The molecule has 0 aliphatic rings. The van der Waals surface area contributed by atoms with Crippen molar-refractivity contribution in [1.82, 2.24) is 15.6 Å². The Kier molecular flexibility index (Phi) is 6.98. The molecule has 0 bridgehead atoms. The maximum Gasteiger partial charge on any atom is 0.226 e. The second kappa shape index (κ2) is 9.64. The maximum absolute atomic E-state index is 12.0. The van der Waals surface area contributed by atoms with Gasteiger partial charge in [-0.1, -0.05) is 41.9 Å². The number of carbonyl (C=O) groups is 2. The van der Waals surface area contributed by atoms with Gasteiger partial charge in [0.2, 0.25) is 11.8 Å². The third-order valence-electron chi connectivity index (χ3n) is 3.68. The van der Waals surface area contributed by atoms with Gasteiger partial charge >= 0.3 is 0 Å². The van der Waals surface area contributed by atoms with Crippen LogP contribution in [-0.4, -0.2) is 23.3 Å². The van der Waals surface area contributed by atoms with E-state index in [1.54, 1.807) is 0 Å². The highest BCUT2D eigenvalue weighted by atomic mass is 35.5. The molecule has 2 N–H and O–H groups in total. The summed E-state index contributed by atoms with van der Waals surface area (Å²) < 4.78 is 0.713. The van der Waals surface area contributed by atoms with Crippen LogP contribution in [0.1, 0.15) is 17.7 Å². The van der Waals surface area contributed by atoms with Gasteiger partial charge in [0, 0.05) is 24.9 Å². The number of rotatable bonds is 8. The molecule has 0 fully saturated rings.